The summed E-state index contributed by atoms with van der Waals surface area (Å²) in [7, 11) is 11.1. The Labute approximate surface area is 248 Å². The van der Waals surface area contributed by atoms with Crippen LogP contribution in [0, 0.1) is 0 Å². The van der Waals surface area contributed by atoms with Crippen molar-refractivity contribution in [1.82, 2.24) is 0 Å². The molecule has 0 rings (SSSR count). The SMILES string of the molecule is COCCO.COCCO.COCCO.COCCO.COCC[O][Bi]([O]CCOC)[O]CCOC.[Ti]. The second-order valence-electron chi connectivity index (χ2n) is 5.57. The maximum Gasteiger partial charge on any atom is 0 e. The molecule has 0 saturated heterocycles. The molecule has 0 atom stereocenters. The van der Waals surface area contributed by atoms with Gasteiger partial charge in [0.2, 0.25) is 0 Å². The van der Waals surface area contributed by atoms with Crippen LogP contribution < -0.4 is 0 Å². The van der Waals surface area contributed by atoms with Gasteiger partial charge >= 0.3 is 107 Å². The predicted octanol–water partition coefficient (Wildman–Crippen LogP) is -1.54. The van der Waals surface area contributed by atoms with E-state index in [9.17, 15) is 0 Å². The van der Waals surface area contributed by atoms with Crippen molar-refractivity contribution in [2.24, 2.45) is 0 Å². The molecule has 0 aromatic heterocycles. The van der Waals surface area contributed by atoms with Crippen molar-refractivity contribution < 1.29 is 83.7 Å². The summed E-state index contributed by atoms with van der Waals surface area (Å²) in [5.74, 6) is 0. The molecular weight excluding hydrogens is 733 g/mol. The molecular formula is C21H53BiO14Ti. The molecule has 0 radical (unpaired) electrons. The fourth-order valence-electron chi connectivity index (χ4n) is 1.06. The van der Waals surface area contributed by atoms with Crippen LogP contribution in [0.1, 0.15) is 0 Å². The fourth-order valence-corrected chi connectivity index (χ4v) is 4.54. The van der Waals surface area contributed by atoms with E-state index in [1.165, 1.54) is 0 Å². The summed E-state index contributed by atoms with van der Waals surface area (Å²) >= 11 is -2.71. The van der Waals surface area contributed by atoms with Crippen LogP contribution in [0.2, 0.25) is 0 Å². The first-order valence-electron chi connectivity index (χ1n) is 11.1. The van der Waals surface area contributed by atoms with Gasteiger partial charge in [0.15, 0.2) is 0 Å². The average molecular weight is 786 g/mol. The van der Waals surface area contributed by atoms with Crippen LogP contribution in [0.4, 0.5) is 0 Å². The minimum Gasteiger partial charge on any atom is 0 e. The first-order chi connectivity index (χ1) is 17.5. The number of aliphatic hydroxyl groups excluding tert-OH is 4. The van der Waals surface area contributed by atoms with Gasteiger partial charge in [0.05, 0.1) is 52.9 Å². The molecule has 0 aliphatic heterocycles. The number of hydrogen-bond acceptors (Lipinski definition) is 14. The summed E-state index contributed by atoms with van der Waals surface area (Å²) in [6.07, 6.45) is 0. The molecule has 0 aromatic carbocycles. The van der Waals surface area contributed by atoms with Crippen molar-refractivity contribution in [3.05, 3.63) is 0 Å². The third kappa shape index (κ3) is 78.7. The molecule has 16 heteroatoms. The Bertz CT molecular complexity index is 248. The summed E-state index contributed by atoms with van der Waals surface area (Å²) in [5.41, 5.74) is 0. The molecule has 0 unspecified atom stereocenters. The van der Waals surface area contributed by atoms with Gasteiger partial charge in [-0.2, -0.15) is 0 Å². The monoisotopic (exact) mass is 786 g/mol. The summed E-state index contributed by atoms with van der Waals surface area (Å²) in [6.45, 7) is 5.44. The van der Waals surface area contributed by atoms with Crippen LogP contribution >= 0.6 is 0 Å². The zero-order valence-corrected chi connectivity index (χ0v) is 28.8. The molecule has 0 saturated carbocycles. The molecule has 0 aromatic rings. The molecule has 0 amide bonds. The van der Waals surface area contributed by atoms with E-state index < -0.39 is 23.1 Å². The van der Waals surface area contributed by atoms with Crippen LogP contribution in [-0.2, 0) is 63.3 Å². The minimum absolute atomic E-state index is 0. The van der Waals surface area contributed by atoms with E-state index in [0.29, 0.717) is 66.1 Å². The Balaban J connectivity index is -0.0000000941. The summed E-state index contributed by atoms with van der Waals surface area (Å²) in [5, 5.41) is 31.8. The number of aliphatic hydroxyl groups is 4. The van der Waals surface area contributed by atoms with E-state index in [4.69, 9.17) is 43.1 Å². The third-order valence-electron chi connectivity index (χ3n) is 2.63. The third-order valence-corrected chi connectivity index (χ3v) is 7.22. The normalized spacial score (nSPS) is 9.41. The van der Waals surface area contributed by atoms with Crippen molar-refractivity contribution in [1.29, 1.82) is 0 Å². The summed E-state index contributed by atoms with van der Waals surface area (Å²) in [6, 6.07) is 0. The quantitative estimate of drug-likeness (QED) is 0.0827. The van der Waals surface area contributed by atoms with Gasteiger partial charge in [0.1, 0.15) is 0 Å². The molecule has 230 valence electrons. The smallest absolute Gasteiger partial charge is 0 e. The van der Waals surface area contributed by atoms with E-state index >= 15 is 0 Å². The van der Waals surface area contributed by atoms with Crippen molar-refractivity contribution in [3.63, 3.8) is 0 Å². The van der Waals surface area contributed by atoms with E-state index in [0.717, 1.165) is 0 Å². The molecule has 0 aliphatic carbocycles. The molecule has 14 nitrogen and oxygen atoms in total. The van der Waals surface area contributed by atoms with E-state index in [1.54, 1.807) is 49.8 Å². The molecule has 0 spiro atoms. The maximum atomic E-state index is 7.94. The molecule has 4 N–H and O–H groups in total. The second kappa shape index (κ2) is 61.2. The number of hydrogen-bond donors (Lipinski definition) is 4. The predicted molar refractivity (Wildman–Crippen MR) is 135 cm³/mol. The molecule has 0 fully saturated rings. The Morgan fingerprint density at radius 1 is 0.351 bits per heavy atom. The van der Waals surface area contributed by atoms with Gasteiger partial charge in [-0.3, -0.25) is 0 Å². The zero-order chi connectivity index (χ0) is 28.5. The van der Waals surface area contributed by atoms with Crippen molar-refractivity contribution in [3.8, 4) is 0 Å². The number of rotatable bonds is 20. The van der Waals surface area contributed by atoms with E-state index in [-0.39, 0.29) is 48.1 Å². The van der Waals surface area contributed by atoms with Crippen LogP contribution in [0.25, 0.3) is 0 Å². The summed E-state index contributed by atoms with van der Waals surface area (Å²) in [4.78, 5) is 0. The minimum atomic E-state index is -2.71. The Morgan fingerprint density at radius 3 is 0.649 bits per heavy atom. The maximum absolute atomic E-state index is 7.94. The molecule has 0 aliphatic rings. The summed E-state index contributed by atoms with van der Waals surface area (Å²) < 4.78 is 48.9. The van der Waals surface area contributed by atoms with Crippen LogP contribution in [0.15, 0.2) is 0 Å². The van der Waals surface area contributed by atoms with E-state index in [2.05, 4.69) is 18.9 Å². The van der Waals surface area contributed by atoms with Gasteiger partial charge in [0, 0.05) is 50.2 Å². The van der Waals surface area contributed by atoms with Gasteiger partial charge in [-0.15, -0.1) is 0 Å². The molecule has 0 heterocycles. The van der Waals surface area contributed by atoms with Crippen molar-refractivity contribution in [2.45, 2.75) is 0 Å². The zero-order valence-electron chi connectivity index (χ0n) is 23.7. The first kappa shape index (κ1) is 50.8. The van der Waals surface area contributed by atoms with Gasteiger partial charge in [-0.25, -0.2) is 0 Å². The fraction of sp³-hybridized carbons (Fsp3) is 1.00. The largest absolute Gasteiger partial charge is 0 e. The number of methoxy groups -OCH3 is 7. The van der Waals surface area contributed by atoms with Gasteiger partial charge in [0.25, 0.3) is 0 Å². The van der Waals surface area contributed by atoms with Gasteiger partial charge < -0.3 is 39.4 Å². The van der Waals surface area contributed by atoms with Gasteiger partial charge in [-0.05, 0) is 0 Å². The number of ether oxygens (including phenoxy) is 7. The van der Waals surface area contributed by atoms with Crippen molar-refractivity contribution in [2.75, 3.05) is 142 Å². The average Bonchev–Trinajstić information content (AvgIpc) is 2.88. The first-order valence-corrected chi connectivity index (χ1v) is 15.3. The van der Waals surface area contributed by atoms with Crippen molar-refractivity contribution >= 4 is 23.1 Å². The topological polar surface area (TPSA) is 173 Å². The Morgan fingerprint density at radius 2 is 0.541 bits per heavy atom. The molecule has 37 heavy (non-hydrogen) atoms. The van der Waals surface area contributed by atoms with Crippen LogP contribution in [-0.4, -0.2) is 186 Å². The Hall–Kier alpha value is 1.04. The Kier molecular flexibility index (Phi) is 84.1. The van der Waals surface area contributed by atoms with Crippen LogP contribution in [0.5, 0.6) is 0 Å². The standard InChI is InChI=1S/4C3H8O2.3C3H7O2.Bi.Ti/c7*1-5-3-2-4;;/h4*4H,2-3H2,1H3;3*2-3H2,1H3;;/q;;;;3*-1;+3;. The van der Waals surface area contributed by atoms with E-state index in [1.807, 2.05) is 0 Å². The molecule has 0 bridgehead atoms. The van der Waals surface area contributed by atoms with Crippen LogP contribution in [0.3, 0.4) is 0 Å². The second-order valence-corrected chi connectivity index (χ2v) is 10.3. The van der Waals surface area contributed by atoms with Gasteiger partial charge in [-0.1, -0.05) is 0 Å².